The van der Waals surface area contributed by atoms with Gasteiger partial charge in [0.15, 0.2) is 0 Å². The summed E-state index contributed by atoms with van der Waals surface area (Å²) in [6.07, 6.45) is 4.34. The highest BCUT2D eigenvalue weighted by Crippen LogP contribution is 2.35. The van der Waals surface area contributed by atoms with Gasteiger partial charge in [0.05, 0.1) is 9.83 Å². The van der Waals surface area contributed by atoms with Gasteiger partial charge in [0.2, 0.25) is 5.91 Å². The Hall–Kier alpha value is -3.11. The van der Waals surface area contributed by atoms with Crippen LogP contribution in [0.3, 0.4) is 0 Å². The van der Waals surface area contributed by atoms with E-state index in [1.54, 1.807) is 23.1 Å². The Labute approximate surface area is 192 Å². The average molecular weight is 476 g/mol. The maximum absolute atomic E-state index is 12.7. The number of rotatable bonds is 5. The number of amides is 3. The highest BCUT2D eigenvalue weighted by molar-refractivity contribution is 8.18. The van der Waals surface area contributed by atoms with Gasteiger partial charge in [0, 0.05) is 30.8 Å². The molecule has 2 aliphatic rings. The van der Waals surface area contributed by atoms with Crippen molar-refractivity contribution < 1.29 is 23.7 Å². The quantitative estimate of drug-likeness (QED) is 0.354. The molecular formula is C21H18ClN3O6S. The summed E-state index contributed by atoms with van der Waals surface area (Å²) in [7, 11) is 0. The summed E-state index contributed by atoms with van der Waals surface area (Å²) in [5.74, 6) is -0.149. The largest absolute Gasteiger partial charge is 0.457 e. The summed E-state index contributed by atoms with van der Waals surface area (Å²) in [5.41, 5.74) is 0.197. The van der Waals surface area contributed by atoms with Crippen molar-refractivity contribution in [1.82, 2.24) is 9.80 Å². The first-order valence-corrected chi connectivity index (χ1v) is 11.1. The lowest BCUT2D eigenvalue weighted by molar-refractivity contribution is -0.384. The molecule has 0 aliphatic carbocycles. The van der Waals surface area contributed by atoms with Gasteiger partial charge in [-0.1, -0.05) is 11.6 Å². The maximum Gasteiger partial charge on any atom is 0.294 e. The third-order valence-corrected chi connectivity index (χ3v) is 6.43. The second kappa shape index (κ2) is 9.17. The smallest absolute Gasteiger partial charge is 0.294 e. The molecule has 0 N–H and O–H groups in total. The minimum atomic E-state index is -0.586. The number of halogens is 1. The van der Waals surface area contributed by atoms with Gasteiger partial charge in [-0.25, -0.2) is 0 Å². The maximum atomic E-state index is 12.7. The van der Waals surface area contributed by atoms with E-state index in [0.717, 1.165) is 35.9 Å². The Morgan fingerprint density at radius 3 is 2.66 bits per heavy atom. The Kier molecular flexibility index (Phi) is 6.33. The molecule has 0 spiro atoms. The van der Waals surface area contributed by atoms with Crippen molar-refractivity contribution >= 4 is 52.2 Å². The molecule has 11 heteroatoms. The lowest BCUT2D eigenvalue weighted by atomic mass is 10.1. The number of nitro groups is 1. The third-order valence-electron chi connectivity index (χ3n) is 5.20. The van der Waals surface area contributed by atoms with E-state index in [1.807, 2.05) is 0 Å². The van der Waals surface area contributed by atoms with E-state index in [2.05, 4.69) is 0 Å². The summed E-state index contributed by atoms with van der Waals surface area (Å²) in [6, 6.07) is 7.47. The van der Waals surface area contributed by atoms with E-state index in [9.17, 15) is 24.5 Å². The number of benzene rings is 1. The minimum Gasteiger partial charge on any atom is -0.457 e. The molecule has 0 unspecified atom stereocenters. The Balaban J connectivity index is 1.49. The molecule has 0 bridgehead atoms. The van der Waals surface area contributed by atoms with Gasteiger partial charge < -0.3 is 9.32 Å². The fourth-order valence-electron chi connectivity index (χ4n) is 3.54. The van der Waals surface area contributed by atoms with Crippen LogP contribution in [0.4, 0.5) is 10.5 Å². The van der Waals surface area contributed by atoms with Gasteiger partial charge in [-0.05, 0) is 55.3 Å². The van der Waals surface area contributed by atoms with Crippen LogP contribution < -0.4 is 0 Å². The Morgan fingerprint density at radius 1 is 1.19 bits per heavy atom. The summed E-state index contributed by atoms with van der Waals surface area (Å²) in [4.78, 5) is 50.7. The zero-order valence-electron chi connectivity index (χ0n) is 16.8. The minimum absolute atomic E-state index is 0.0123. The van der Waals surface area contributed by atoms with Crippen LogP contribution >= 0.6 is 23.4 Å². The van der Waals surface area contributed by atoms with Crippen molar-refractivity contribution in [3.05, 3.63) is 56.1 Å². The van der Waals surface area contributed by atoms with Crippen LogP contribution in [-0.2, 0) is 9.59 Å². The molecule has 0 atom stereocenters. The van der Waals surface area contributed by atoms with Crippen LogP contribution in [0.1, 0.15) is 25.0 Å². The predicted octanol–water partition coefficient (Wildman–Crippen LogP) is 4.56. The molecular weight excluding hydrogens is 458 g/mol. The predicted molar refractivity (Wildman–Crippen MR) is 119 cm³/mol. The van der Waals surface area contributed by atoms with Gasteiger partial charge >= 0.3 is 0 Å². The van der Waals surface area contributed by atoms with Crippen molar-refractivity contribution in [3.8, 4) is 11.3 Å². The average Bonchev–Trinajstić information content (AvgIpc) is 3.35. The van der Waals surface area contributed by atoms with E-state index in [4.69, 9.17) is 16.0 Å². The topological polar surface area (TPSA) is 114 Å². The molecule has 32 heavy (non-hydrogen) atoms. The molecule has 3 heterocycles. The van der Waals surface area contributed by atoms with E-state index in [-0.39, 0.29) is 28.1 Å². The first kappa shape index (κ1) is 22.1. The summed E-state index contributed by atoms with van der Waals surface area (Å²) < 4.78 is 5.69. The number of nitrogens with zero attached hydrogens (tertiary/aromatic N) is 3. The molecule has 3 amide bonds. The van der Waals surface area contributed by atoms with Gasteiger partial charge in [0.1, 0.15) is 23.1 Å². The third kappa shape index (κ3) is 4.56. The number of imide groups is 1. The van der Waals surface area contributed by atoms with E-state index in [1.165, 1.54) is 18.2 Å². The number of carbonyl (C=O) groups excluding carboxylic acids is 3. The molecule has 2 saturated heterocycles. The first-order valence-electron chi connectivity index (χ1n) is 9.91. The number of likely N-dealkylation sites (tertiary alicyclic amines) is 1. The molecule has 9 nitrogen and oxygen atoms in total. The molecule has 166 valence electrons. The molecule has 0 saturated carbocycles. The lowest BCUT2D eigenvalue weighted by Gasteiger charge is -2.27. The number of thioether (sulfide) groups is 1. The van der Waals surface area contributed by atoms with Gasteiger partial charge in [-0.2, -0.15) is 0 Å². The standard InChI is InChI=1S/C21H18ClN3O6S/c22-15-6-4-13(10-16(15)25(29)30)17-7-5-14(31-17)11-18-20(27)24(21(28)32-18)12-19(26)23-8-2-1-3-9-23/h4-7,10-11H,1-3,8-9,12H2/b18-11-. The van der Waals surface area contributed by atoms with Crippen molar-refractivity contribution in [2.24, 2.45) is 0 Å². The van der Waals surface area contributed by atoms with Crippen molar-refractivity contribution in [3.63, 3.8) is 0 Å². The number of nitro benzene ring substituents is 1. The van der Waals surface area contributed by atoms with Crippen LogP contribution in [-0.4, -0.2) is 51.4 Å². The number of carbonyl (C=O) groups is 3. The van der Waals surface area contributed by atoms with Crippen LogP contribution in [0.25, 0.3) is 17.4 Å². The molecule has 2 fully saturated rings. The second-order valence-electron chi connectivity index (χ2n) is 7.33. The second-order valence-corrected chi connectivity index (χ2v) is 8.74. The summed E-state index contributed by atoms with van der Waals surface area (Å²) in [5, 5.41) is 10.6. The fourth-order valence-corrected chi connectivity index (χ4v) is 4.54. The van der Waals surface area contributed by atoms with Gasteiger partial charge in [0.25, 0.3) is 16.8 Å². The molecule has 4 rings (SSSR count). The molecule has 1 aromatic carbocycles. The summed E-state index contributed by atoms with van der Waals surface area (Å²) >= 11 is 6.58. The molecule has 2 aromatic rings. The zero-order valence-corrected chi connectivity index (χ0v) is 18.4. The van der Waals surface area contributed by atoms with Gasteiger partial charge in [-0.3, -0.25) is 29.4 Å². The summed E-state index contributed by atoms with van der Waals surface area (Å²) in [6.45, 7) is 1.01. The first-order chi connectivity index (χ1) is 15.3. The number of piperidine rings is 1. The van der Waals surface area contributed by atoms with Gasteiger partial charge in [-0.15, -0.1) is 0 Å². The molecule has 0 radical (unpaired) electrons. The van der Waals surface area contributed by atoms with E-state index >= 15 is 0 Å². The highest BCUT2D eigenvalue weighted by Gasteiger charge is 2.37. The van der Waals surface area contributed by atoms with Crippen molar-refractivity contribution in [2.45, 2.75) is 19.3 Å². The van der Waals surface area contributed by atoms with Crippen molar-refractivity contribution in [2.75, 3.05) is 19.6 Å². The normalized spacial score (nSPS) is 18.0. The Morgan fingerprint density at radius 2 is 1.94 bits per heavy atom. The molecule has 2 aliphatic heterocycles. The van der Waals surface area contributed by atoms with Crippen LogP contribution in [0.15, 0.2) is 39.7 Å². The number of furan rings is 1. The highest BCUT2D eigenvalue weighted by atomic mass is 35.5. The molecule has 1 aromatic heterocycles. The van der Waals surface area contributed by atoms with Crippen LogP contribution in [0.2, 0.25) is 5.02 Å². The lowest BCUT2D eigenvalue weighted by Crippen LogP contribution is -2.44. The SMILES string of the molecule is O=C(CN1C(=O)S/C(=C\c2ccc(-c3ccc(Cl)c([N+](=O)[O-])c3)o2)C1=O)N1CCCCC1. The van der Waals surface area contributed by atoms with E-state index in [0.29, 0.717) is 30.2 Å². The van der Waals surface area contributed by atoms with Crippen LogP contribution in [0, 0.1) is 10.1 Å². The number of hydrogen-bond acceptors (Lipinski definition) is 7. The zero-order chi connectivity index (χ0) is 22.8. The Bertz CT molecular complexity index is 1140. The van der Waals surface area contributed by atoms with Crippen molar-refractivity contribution in [1.29, 1.82) is 0 Å². The number of hydrogen-bond donors (Lipinski definition) is 0. The van der Waals surface area contributed by atoms with E-state index < -0.39 is 16.1 Å². The monoisotopic (exact) mass is 475 g/mol. The van der Waals surface area contributed by atoms with Crippen LogP contribution in [0.5, 0.6) is 0 Å². The fraction of sp³-hybridized carbons (Fsp3) is 0.286.